The number of ether oxygens (including phenoxy) is 1. The van der Waals surface area contributed by atoms with Crippen molar-refractivity contribution >= 4 is 33.6 Å². The zero-order chi connectivity index (χ0) is 22.7. The Balaban J connectivity index is 2.02. The molecule has 1 amide bonds. The quantitative estimate of drug-likeness (QED) is 0.381. The fourth-order valence-corrected chi connectivity index (χ4v) is 6.90. The van der Waals surface area contributed by atoms with Gasteiger partial charge in [0.05, 0.1) is 0 Å². The Morgan fingerprint density at radius 2 is 1.71 bits per heavy atom. The molecule has 2 atom stereocenters. The second kappa shape index (κ2) is 9.43. The summed E-state index contributed by atoms with van der Waals surface area (Å²) in [6, 6.07) is 20.1. The van der Waals surface area contributed by atoms with Crippen LogP contribution in [0.15, 0.2) is 73.3 Å². The van der Waals surface area contributed by atoms with Gasteiger partial charge >= 0.3 is 194 Å². The predicted octanol–water partition coefficient (Wildman–Crippen LogP) is 4.90. The minimum absolute atomic E-state index is 0.0170. The predicted molar refractivity (Wildman–Crippen MR) is 130 cm³/mol. The van der Waals surface area contributed by atoms with Crippen molar-refractivity contribution in [3.63, 3.8) is 0 Å². The van der Waals surface area contributed by atoms with Crippen molar-refractivity contribution < 1.29 is 14.0 Å². The van der Waals surface area contributed by atoms with Gasteiger partial charge in [0.25, 0.3) is 0 Å². The van der Waals surface area contributed by atoms with E-state index in [1.54, 1.807) is 11.0 Å². The summed E-state index contributed by atoms with van der Waals surface area (Å²) in [4.78, 5) is 15.3. The Hall–Kier alpha value is -1.69. The molecule has 0 aromatic heterocycles. The van der Waals surface area contributed by atoms with Gasteiger partial charge in [-0.3, -0.25) is 0 Å². The van der Waals surface area contributed by atoms with Crippen LogP contribution in [0.4, 0.5) is 0 Å². The monoisotopic (exact) mass is 503 g/mol. The molecule has 2 aromatic carbocycles. The molecule has 6 heteroatoms. The Labute approximate surface area is 193 Å². The van der Waals surface area contributed by atoms with E-state index in [1.165, 1.54) is 4.46 Å². The van der Waals surface area contributed by atoms with Crippen LogP contribution in [-0.2, 0) is 14.0 Å². The number of carbonyl (C=O) groups excluding carboxylic acids is 1. The molecule has 0 aliphatic carbocycles. The van der Waals surface area contributed by atoms with Gasteiger partial charge in [0.1, 0.15) is 0 Å². The number of hydrogen-bond acceptors (Lipinski definition) is 3. The summed E-state index contributed by atoms with van der Waals surface area (Å²) in [6.45, 7) is 15.3. The molecule has 1 fully saturated rings. The van der Waals surface area contributed by atoms with Crippen LogP contribution < -0.4 is 4.46 Å². The molecule has 0 spiro atoms. The maximum absolute atomic E-state index is 13.6. The normalized spacial score (nSPS) is 22.0. The first-order chi connectivity index (χ1) is 14.6. The van der Waals surface area contributed by atoms with Gasteiger partial charge in [-0.05, 0) is 0 Å². The van der Waals surface area contributed by atoms with E-state index in [0.29, 0.717) is 11.9 Å². The molecule has 166 valence electrons. The summed E-state index contributed by atoms with van der Waals surface area (Å²) >= 11 is 0.0783. The first-order valence-electron chi connectivity index (χ1n) is 10.6. The Bertz CT molecular complexity index is 898. The molecular weight excluding hydrogens is 469 g/mol. The third kappa shape index (κ3) is 5.21. The molecule has 31 heavy (non-hydrogen) atoms. The molecule has 1 aliphatic heterocycles. The van der Waals surface area contributed by atoms with E-state index in [9.17, 15) is 4.79 Å². The minimum atomic E-state index is -2.25. The van der Waals surface area contributed by atoms with E-state index in [2.05, 4.69) is 52.6 Å². The van der Waals surface area contributed by atoms with Crippen molar-refractivity contribution in [1.29, 1.82) is 0 Å². The third-order valence-corrected chi connectivity index (χ3v) is 12.8. The molecule has 4 nitrogen and oxygen atoms in total. The van der Waals surface area contributed by atoms with Gasteiger partial charge in [0.15, 0.2) is 0 Å². The van der Waals surface area contributed by atoms with Crippen molar-refractivity contribution in [1.82, 2.24) is 4.90 Å². The Kier molecular flexibility index (Phi) is 7.29. The van der Waals surface area contributed by atoms with Crippen molar-refractivity contribution in [2.75, 3.05) is 6.54 Å². The zero-order valence-corrected chi connectivity index (χ0v) is 21.8. The van der Waals surface area contributed by atoms with Crippen molar-refractivity contribution in [2.24, 2.45) is 0 Å². The molecule has 0 N–H and O–H groups in total. The van der Waals surface area contributed by atoms with Gasteiger partial charge in [-0.1, -0.05) is 0 Å². The van der Waals surface area contributed by atoms with Crippen molar-refractivity contribution in [3.8, 4) is 0 Å². The molecule has 2 aromatic rings. The van der Waals surface area contributed by atoms with E-state index in [0.717, 1.165) is 5.56 Å². The third-order valence-electron chi connectivity index (χ3n) is 6.00. The second-order valence-electron chi connectivity index (χ2n) is 9.32. The summed E-state index contributed by atoms with van der Waals surface area (Å²) in [5.74, 6) is -1.15. The van der Waals surface area contributed by atoms with Crippen LogP contribution in [0.3, 0.4) is 0 Å². The Morgan fingerprint density at radius 1 is 1.13 bits per heavy atom. The van der Waals surface area contributed by atoms with E-state index in [4.69, 9.17) is 9.16 Å². The molecule has 1 aliphatic rings. The second-order valence-corrected chi connectivity index (χ2v) is 16.2. The number of carbonyl (C=O) groups is 1. The fourth-order valence-electron chi connectivity index (χ4n) is 3.27. The van der Waals surface area contributed by atoms with Crippen LogP contribution >= 0.6 is 0 Å². The molecule has 0 unspecified atom stereocenters. The van der Waals surface area contributed by atoms with Gasteiger partial charge < -0.3 is 0 Å². The molecule has 1 heterocycles. The van der Waals surface area contributed by atoms with Gasteiger partial charge in [0, 0.05) is 0 Å². The van der Waals surface area contributed by atoms with Crippen LogP contribution in [0.2, 0.25) is 23.5 Å². The summed E-state index contributed by atoms with van der Waals surface area (Å²) in [5.41, 5.74) is 0.856. The standard InChI is InChI=1S/C25H33NO3SeSi/c1-7-18-26-23(27)22(20-14-10-8-11-15-20)28-25(26,29-31(5,6)24(2,3)4)19-30-21-16-12-9-13-17-21/h7-17,22H,1,18-19H2,2-6H3/t22-,25-/m0/s1. The van der Waals surface area contributed by atoms with Crippen LogP contribution in [0.25, 0.3) is 0 Å². The summed E-state index contributed by atoms with van der Waals surface area (Å²) in [5, 5.41) is 0.607. The maximum atomic E-state index is 13.6. The fraction of sp³-hybridized carbons (Fsp3) is 0.400. The van der Waals surface area contributed by atoms with E-state index >= 15 is 0 Å². The van der Waals surface area contributed by atoms with Gasteiger partial charge in [-0.25, -0.2) is 0 Å². The average molecular weight is 503 g/mol. The van der Waals surface area contributed by atoms with Crippen LogP contribution in [0, 0.1) is 0 Å². The zero-order valence-electron chi connectivity index (χ0n) is 19.1. The number of nitrogens with zero attached hydrogens (tertiary/aromatic N) is 1. The van der Waals surface area contributed by atoms with Gasteiger partial charge in [0.2, 0.25) is 0 Å². The Morgan fingerprint density at radius 3 is 2.26 bits per heavy atom. The topological polar surface area (TPSA) is 38.8 Å². The molecule has 0 saturated carbocycles. The van der Waals surface area contributed by atoms with Gasteiger partial charge in [-0.15, -0.1) is 0 Å². The van der Waals surface area contributed by atoms with Crippen LogP contribution in [-0.4, -0.2) is 46.5 Å². The van der Waals surface area contributed by atoms with E-state index in [-0.39, 0.29) is 25.9 Å². The van der Waals surface area contributed by atoms with E-state index in [1.807, 2.05) is 48.5 Å². The number of benzene rings is 2. The molecule has 0 bridgehead atoms. The van der Waals surface area contributed by atoms with Crippen LogP contribution in [0.5, 0.6) is 0 Å². The molecule has 3 rings (SSSR count). The first-order valence-corrected chi connectivity index (χ1v) is 15.6. The number of hydrogen-bond donors (Lipinski definition) is 0. The molecular formula is C25H33NO3SeSi. The van der Waals surface area contributed by atoms with Gasteiger partial charge in [-0.2, -0.15) is 0 Å². The summed E-state index contributed by atoms with van der Waals surface area (Å²) < 4.78 is 14.8. The average Bonchev–Trinajstić information content (AvgIpc) is 2.99. The van der Waals surface area contributed by atoms with E-state index < -0.39 is 20.3 Å². The summed E-state index contributed by atoms with van der Waals surface area (Å²) in [6.07, 6.45) is 1.09. The SMILES string of the molecule is C=CCN1C(=O)[C@H](c2ccccc2)O[C@@]1(C[Se]c1ccccc1)O[Si](C)(C)C(C)(C)C. The number of rotatable bonds is 8. The van der Waals surface area contributed by atoms with Crippen LogP contribution in [0.1, 0.15) is 32.4 Å². The van der Waals surface area contributed by atoms with Crippen molar-refractivity contribution in [3.05, 3.63) is 78.9 Å². The molecule has 1 saturated heterocycles. The molecule has 0 radical (unpaired) electrons. The van der Waals surface area contributed by atoms with Crippen molar-refractivity contribution in [2.45, 2.75) is 56.2 Å². The first kappa shape index (κ1) is 24.0. The number of amides is 1. The summed E-state index contributed by atoms with van der Waals surface area (Å²) in [7, 11) is -2.25.